The van der Waals surface area contributed by atoms with Crippen molar-refractivity contribution >= 4 is 29.7 Å². The van der Waals surface area contributed by atoms with Crippen molar-refractivity contribution in [2.24, 2.45) is 0 Å². The van der Waals surface area contributed by atoms with Crippen LogP contribution >= 0.6 is 11.8 Å². The zero-order valence-electron chi connectivity index (χ0n) is 11.0. The van der Waals surface area contributed by atoms with Crippen LogP contribution < -0.4 is 4.74 Å². The summed E-state index contributed by atoms with van der Waals surface area (Å²) in [5, 5.41) is 9.05. The predicted octanol–water partition coefficient (Wildman–Crippen LogP) is 1.69. The molecule has 0 spiro atoms. The Labute approximate surface area is 121 Å². The summed E-state index contributed by atoms with van der Waals surface area (Å²) < 4.78 is 5.19. The number of carbonyl (C=O) groups excluding carboxylic acids is 1. The Bertz CT molecular complexity index is 544. The number of para-hydroxylation sites is 1. The Hall–Kier alpha value is -1.95. The molecule has 1 aliphatic rings. The molecule has 0 aromatic heterocycles. The van der Waals surface area contributed by atoms with E-state index in [-0.39, 0.29) is 5.91 Å². The number of amides is 1. The first-order chi connectivity index (χ1) is 9.63. The normalized spacial score (nSPS) is 18.4. The summed E-state index contributed by atoms with van der Waals surface area (Å²) in [4.78, 5) is 24.5. The third-order valence-corrected chi connectivity index (χ3v) is 4.01. The summed E-state index contributed by atoms with van der Waals surface area (Å²) in [6.45, 7) is 0. The van der Waals surface area contributed by atoms with Crippen LogP contribution in [0, 0.1) is 0 Å². The summed E-state index contributed by atoms with van der Waals surface area (Å²) in [5.74, 6) is 0.250. The van der Waals surface area contributed by atoms with Crippen molar-refractivity contribution in [3.05, 3.63) is 35.9 Å². The first-order valence-electron chi connectivity index (χ1n) is 6.05. The van der Waals surface area contributed by atoms with Crippen molar-refractivity contribution in [2.75, 3.05) is 18.7 Å². The minimum absolute atomic E-state index is 0.298. The van der Waals surface area contributed by atoms with Crippen LogP contribution in [0.25, 0.3) is 6.08 Å². The molecule has 0 unspecified atom stereocenters. The van der Waals surface area contributed by atoms with Gasteiger partial charge in [0.05, 0.1) is 13.0 Å². The van der Waals surface area contributed by atoms with Gasteiger partial charge in [-0.2, -0.15) is 0 Å². The van der Waals surface area contributed by atoms with E-state index in [1.165, 1.54) is 22.7 Å². The van der Waals surface area contributed by atoms with Gasteiger partial charge in [0.1, 0.15) is 11.8 Å². The summed E-state index contributed by atoms with van der Waals surface area (Å²) in [6.07, 6.45) is 3.03. The number of hydrogen-bond donors (Lipinski definition) is 1. The van der Waals surface area contributed by atoms with Gasteiger partial charge in [-0.05, 0) is 12.1 Å². The number of nitrogens with zero attached hydrogens (tertiary/aromatic N) is 1. The quantitative estimate of drug-likeness (QED) is 0.856. The van der Waals surface area contributed by atoms with Gasteiger partial charge in [0, 0.05) is 17.4 Å². The molecule has 20 heavy (non-hydrogen) atoms. The van der Waals surface area contributed by atoms with E-state index < -0.39 is 12.0 Å². The number of carboxylic acids is 1. The van der Waals surface area contributed by atoms with E-state index in [2.05, 4.69) is 0 Å². The van der Waals surface area contributed by atoms with E-state index in [1.807, 2.05) is 18.2 Å². The minimum atomic E-state index is -0.964. The molecule has 0 aliphatic carbocycles. The fourth-order valence-corrected chi connectivity index (χ4v) is 3.08. The maximum Gasteiger partial charge on any atom is 0.327 e. The SMILES string of the molecule is COc1ccccc1/C=C/C(=O)N1CSC[C@H]1C(=O)O. The fourth-order valence-electron chi connectivity index (χ4n) is 1.93. The molecule has 106 valence electrons. The van der Waals surface area contributed by atoms with Crippen molar-refractivity contribution < 1.29 is 19.4 Å². The topological polar surface area (TPSA) is 66.8 Å². The molecule has 1 aromatic rings. The second kappa shape index (κ2) is 6.47. The largest absolute Gasteiger partial charge is 0.496 e. The number of ether oxygens (including phenoxy) is 1. The lowest BCUT2D eigenvalue weighted by atomic mass is 10.2. The fraction of sp³-hybridized carbons (Fsp3) is 0.286. The van der Waals surface area contributed by atoms with E-state index in [4.69, 9.17) is 9.84 Å². The average Bonchev–Trinajstić information content (AvgIpc) is 2.94. The van der Waals surface area contributed by atoms with Crippen molar-refractivity contribution in [3.8, 4) is 5.75 Å². The highest BCUT2D eigenvalue weighted by Crippen LogP contribution is 2.22. The number of rotatable bonds is 4. The Morgan fingerprint density at radius 2 is 2.20 bits per heavy atom. The standard InChI is InChI=1S/C14H15NO4S/c1-19-12-5-3-2-4-10(12)6-7-13(16)15-9-20-8-11(15)14(17)18/h2-7,11H,8-9H2,1H3,(H,17,18)/b7-6+/t11-/m0/s1. The third-order valence-electron chi connectivity index (χ3n) is 2.99. The molecule has 5 nitrogen and oxygen atoms in total. The molecule has 0 saturated carbocycles. The lowest BCUT2D eigenvalue weighted by Crippen LogP contribution is -2.40. The molecule has 0 radical (unpaired) electrons. The van der Waals surface area contributed by atoms with Crippen molar-refractivity contribution in [3.63, 3.8) is 0 Å². The first kappa shape index (κ1) is 14.5. The molecular weight excluding hydrogens is 278 g/mol. The number of aliphatic carboxylic acids is 1. The molecule has 6 heteroatoms. The van der Waals surface area contributed by atoms with Gasteiger partial charge < -0.3 is 14.7 Å². The Morgan fingerprint density at radius 3 is 2.90 bits per heavy atom. The van der Waals surface area contributed by atoms with Gasteiger partial charge in [-0.3, -0.25) is 4.79 Å². The molecule has 0 bridgehead atoms. The second-order valence-electron chi connectivity index (χ2n) is 4.24. The molecule has 1 fully saturated rings. The molecule has 1 aliphatic heterocycles. The molecule has 1 atom stereocenters. The lowest BCUT2D eigenvalue weighted by molar-refractivity contribution is -0.146. The second-order valence-corrected chi connectivity index (χ2v) is 5.24. The van der Waals surface area contributed by atoms with E-state index in [0.717, 1.165) is 5.56 Å². The predicted molar refractivity (Wildman–Crippen MR) is 77.6 cm³/mol. The van der Waals surface area contributed by atoms with Crippen LogP contribution in [0.15, 0.2) is 30.3 Å². The molecule has 1 aromatic carbocycles. The number of hydrogen-bond acceptors (Lipinski definition) is 4. The van der Waals surface area contributed by atoms with E-state index in [9.17, 15) is 9.59 Å². The van der Waals surface area contributed by atoms with Gasteiger partial charge >= 0.3 is 5.97 Å². The molecule has 1 amide bonds. The molecule has 1 N–H and O–H groups in total. The summed E-state index contributed by atoms with van der Waals surface area (Å²) in [5.41, 5.74) is 0.780. The summed E-state index contributed by atoms with van der Waals surface area (Å²) >= 11 is 1.44. The highest BCUT2D eigenvalue weighted by Gasteiger charge is 2.33. The Morgan fingerprint density at radius 1 is 1.45 bits per heavy atom. The van der Waals surface area contributed by atoms with Crippen LogP contribution in [0.1, 0.15) is 5.56 Å². The van der Waals surface area contributed by atoms with Gasteiger partial charge in [0.2, 0.25) is 5.91 Å². The van der Waals surface area contributed by atoms with Crippen molar-refractivity contribution in [1.29, 1.82) is 0 Å². The molecular formula is C14H15NO4S. The monoisotopic (exact) mass is 293 g/mol. The minimum Gasteiger partial charge on any atom is -0.496 e. The summed E-state index contributed by atoms with van der Waals surface area (Å²) in [7, 11) is 1.56. The van der Waals surface area contributed by atoms with E-state index in [1.54, 1.807) is 19.3 Å². The molecule has 2 rings (SSSR count). The van der Waals surface area contributed by atoms with Gasteiger partial charge in [-0.25, -0.2) is 4.79 Å². The lowest BCUT2D eigenvalue weighted by Gasteiger charge is -2.18. The maximum absolute atomic E-state index is 12.1. The van der Waals surface area contributed by atoms with Crippen LogP contribution in [0.2, 0.25) is 0 Å². The maximum atomic E-state index is 12.1. The van der Waals surface area contributed by atoms with Gasteiger partial charge in [-0.15, -0.1) is 11.8 Å². The smallest absolute Gasteiger partial charge is 0.327 e. The van der Waals surface area contributed by atoms with Crippen LogP contribution in [-0.2, 0) is 9.59 Å². The Kier molecular flexibility index (Phi) is 4.68. The average molecular weight is 293 g/mol. The number of methoxy groups -OCH3 is 1. The number of thioether (sulfide) groups is 1. The zero-order valence-corrected chi connectivity index (χ0v) is 11.8. The molecule has 1 saturated heterocycles. The van der Waals surface area contributed by atoms with E-state index in [0.29, 0.717) is 17.4 Å². The summed E-state index contributed by atoms with van der Waals surface area (Å²) in [6, 6.07) is 6.58. The molecule has 1 heterocycles. The van der Waals surface area contributed by atoms with Crippen molar-refractivity contribution in [1.82, 2.24) is 4.90 Å². The van der Waals surface area contributed by atoms with Crippen LogP contribution in [0.4, 0.5) is 0 Å². The van der Waals surface area contributed by atoms with Crippen LogP contribution in [0.5, 0.6) is 5.75 Å². The Balaban J connectivity index is 2.11. The van der Waals surface area contributed by atoms with Gasteiger partial charge in [0.25, 0.3) is 0 Å². The number of carboxylic acid groups (broad SMARTS) is 1. The number of benzene rings is 1. The third kappa shape index (κ3) is 3.14. The number of carbonyl (C=O) groups is 2. The van der Waals surface area contributed by atoms with Crippen LogP contribution in [0.3, 0.4) is 0 Å². The van der Waals surface area contributed by atoms with Crippen LogP contribution in [-0.4, -0.2) is 46.7 Å². The zero-order chi connectivity index (χ0) is 14.5. The first-order valence-corrected chi connectivity index (χ1v) is 7.21. The van der Waals surface area contributed by atoms with Gasteiger partial charge in [-0.1, -0.05) is 18.2 Å². The van der Waals surface area contributed by atoms with E-state index >= 15 is 0 Å². The van der Waals surface area contributed by atoms with Crippen molar-refractivity contribution in [2.45, 2.75) is 6.04 Å². The highest BCUT2D eigenvalue weighted by molar-refractivity contribution is 7.99. The highest BCUT2D eigenvalue weighted by atomic mass is 32.2. The van der Waals surface area contributed by atoms with Gasteiger partial charge in [0.15, 0.2) is 0 Å².